The van der Waals surface area contributed by atoms with Crippen molar-refractivity contribution >= 4 is 17.9 Å². The Hall–Kier alpha value is -2.01. The van der Waals surface area contributed by atoms with Crippen LogP contribution < -0.4 is 5.32 Å². The summed E-state index contributed by atoms with van der Waals surface area (Å²) in [5.74, 6) is 0.0637. The molecular formula is C20H27FN2O2. The SMILES string of the molecule is CNC[C@@H]1C(c2ccc(F)cc2)=CCCC1/C=N/C(=O)OC(C)(C)C. The Bertz CT molecular complexity index is 645. The van der Waals surface area contributed by atoms with E-state index in [-0.39, 0.29) is 17.7 Å². The summed E-state index contributed by atoms with van der Waals surface area (Å²) in [6, 6.07) is 6.56. The highest BCUT2D eigenvalue weighted by Crippen LogP contribution is 2.35. The van der Waals surface area contributed by atoms with Crippen LogP contribution in [0.3, 0.4) is 0 Å². The molecule has 0 heterocycles. The number of hydrogen-bond donors (Lipinski definition) is 1. The predicted molar refractivity (Wildman–Crippen MR) is 99.2 cm³/mol. The topological polar surface area (TPSA) is 50.7 Å². The van der Waals surface area contributed by atoms with E-state index in [0.717, 1.165) is 24.9 Å². The zero-order chi connectivity index (χ0) is 18.4. The van der Waals surface area contributed by atoms with E-state index in [1.165, 1.54) is 17.7 Å². The molecule has 0 aliphatic heterocycles. The maximum absolute atomic E-state index is 13.2. The first-order chi connectivity index (χ1) is 11.8. The molecule has 0 spiro atoms. The van der Waals surface area contributed by atoms with Crippen LogP contribution in [-0.2, 0) is 4.74 Å². The monoisotopic (exact) mass is 346 g/mol. The second kappa shape index (κ2) is 8.39. The maximum Gasteiger partial charge on any atom is 0.433 e. The molecule has 1 aliphatic rings. The van der Waals surface area contributed by atoms with Crippen molar-refractivity contribution in [3.63, 3.8) is 0 Å². The second-order valence-corrected chi connectivity index (χ2v) is 7.33. The molecule has 1 aliphatic carbocycles. The number of hydrogen-bond acceptors (Lipinski definition) is 3. The number of amides is 1. The first-order valence-corrected chi connectivity index (χ1v) is 8.68. The van der Waals surface area contributed by atoms with Crippen LogP contribution in [0.1, 0.15) is 39.2 Å². The van der Waals surface area contributed by atoms with Crippen molar-refractivity contribution in [3.05, 3.63) is 41.7 Å². The predicted octanol–water partition coefficient (Wildman–Crippen LogP) is 4.46. The van der Waals surface area contributed by atoms with Gasteiger partial charge in [-0.2, -0.15) is 4.99 Å². The molecule has 0 aromatic heterocycles. The minimum absolute atomic E-state index is 0.130. The molecule has 4 nitrogen and oxygen atoms in total. The van der Waals surface area contributed by atoms with Gasteiger partial charge in [-0.3, -0.25) is 0 Å². The summed E-state index contributed by atoms with van der Waals surface area (Å²) in [6.07, 6.45) is 5.18. The highest BCUT2D eigenvalue weighted by atomic mass is 19.1. The molecule has 0 fully saturated rings. The molecule has 1 amide bonds. The molecule has 1 aromatic carbocycles. The third-order valence-electron chi connectivity index (χ3n) is 4.15. The molecule has 5 heteroatoms. The van der Waals surface area contributed by atoms with Gasteiger partial charge in [0.25, 0.3) is 0 Å². The van der Waals surface area contributed by atoms with E-state index in [1.54, 1.807) is 18.3 Å². The Kier molecular flexibility index (Phi) is 6.48. The van der Waals surface area contributed by atoms with E-state index in [4.69, 9.17) is 4.74 Å². The van der Waals surface area contributed by atoms with Gasteiger partial charge in [-0.25, -0.2) is 9.18 Å². The number of ether oxygens (including phenoxy) is 1. The average Bonchev–Trinajstić information content (AvgIpc) is 2.53. The molecule has 2 atom stereocenters. The summed E-state index contributed by atoms with van der Waals surface area (Å²) >= 11 is 0. The van der Waals surface area contributed by atoms with Crippen molar-refractivity contribution in [1.82, 2.24) is 5.32 Å². The number of carbonyl (C=O) groups is 1. The standard InChI is InChI=1S/C20H27FN2O2/c1-20(2,3)25-19(24)23-12-15-6-5-7-17(18(15)13-22-4)14-8-10-16(21)11-9-14/h7-12,15,18,22H,5-6,13H2,1-4H3/b23-12+/t15?,18-/m0/s1. The summed E-state index contributed by atoms with van der Waals surface area (Å²) in [5, 5.41) is 3.21. The largest absolute Gasteiger partial charge is 0.442 e. The van der Waals surface area contributed by atoms with Gasteiger partial charge < -0.3 is 10.1 Å². The van der Waals surface area contributed by atoms with E-state index in [0.29, 0.717) is 0 Å². The van der Waals surface area contributed by atoms with E-state index >= 15 is 0 Å². The van der Waals surface area contributed by atoms with Crippen LogP contribution in [0.5, 0.6) is 0 Å². The van der Waals surface area contributed by atoms with Crippen LogP contribution in [0.15, 0.2) is 35.3 Å². The number of benzene rings is 1. The molecule has 25 heavy (non-hydrogen) atoms. The summed E-state index contributed by atoms with van der Waals surface area (Å²) in [7, 11) is 1.90. The molecule has 0 saturated carbocycles. The van der Waals surface area contributed by atoms with Gasteiger partial charge in [0.15, 0.2) is 0 Å². The Morgan fingerprint density at radius 3 is 2.64 bits per heavy atom. The van der Waals surface area contributed by atoms with Gasteiger partial charge in [-0.1, -0.05) is 18.2 Å². The van der Waals surface area contributed by atoms with Crippen molar-refractivity contribution in [2.24, 2.45) is 16.8 Å². The van der Waals surface area contributed by atoms with Crippen molar-refractivity contribution in [2.45, 2.75) is 39.2 Å². The average molecular weight is 346 g/mol. The number of carbonyl (C=O) groups excluding carboxylic acids is 1. The summed E-state index contributed by atoms with van der Waals surface area (Å²) < 4.78 is 18.5. The first-order valence-electron chi connectivity index (χ1n) is 8.68. The Labute approximate surface area is 149 Å². The lowest BCUT2D eigenvalue weighted by Crippen LogP contribution is -2.30. The molecule has 1 unspecified atom stereocenters. The highest BCUT2D eigenvalue weighted by molar-refractivity contribution is 5.82. The van der Waals surface area contributed by atoms with Gasteiger partial charge in [0.05, 0.1) is 0 Å². The van der Waals surface area contributed by atoms with Crippen LogP contribution in [0.4, 0.5) is 9.18 Å². The van der Waals surface area contributed by atoms with Crippen LogP contribution in [0.25, 0.3) is 5.57 Å². The molecule has 1 N–H and O–H groups in total. The van der Waals surface area contributed by atoms with Gasteiger partial charge in [-0.05, 0) is 63.9 Å². The van der Waals surface area contributed by atoms with Crippen LogP contribution in [0.2, 0.25) is 0 Å². The van der Waals surface area contributed by atoms with Crippen molar-refractivity contribution in [2.75, 3.05) is 13.6 Å². The first kappa shape index (κ1) is 19.3. The molecule has 0 saturated heterocycles. The number of nitrogens with one attached hydrogen (secondary N) is 1. The molecule has 0 bridgehead atoms. The fourth-order valence-electron chi connectivity index (χ4n) is 3.09. The Morgan fingerprint density at radius 2 is 2.04 bits per heavy atom. The number of rotatable bonds is 4. The van der Waals surface area contributed by atoms with Gasteiger partial charge in [0, 0.05) is 24.6 Å². The lowest BCUT2D eigenvalue weighted by atomic mass is 9.76. The summed E-state index contributed by atoms with van der Waals surface area (Å²) in [4.78, 5) is 15.9. The zero-order valence-corrected chi connectivity index (χ0v) is 15.4. The zero-order valence-electron chi connectivity index (χ0n) is 15.4. The smallest absolute Gasteiger partial charge is 0.433 e. The maximum atomic E-state index is 13.2. The van der Waals surface area contributed by atoms with E-state index in [2.05, 4.69) is 16.4 Å². The van der Waals surface area contributed by atoms with Gasteiger partial charge in [-0.15, -0.1) is 0 Å². The molecule has 1 aromatic rings. The van der Waals surface area contributed by atoms with E-state index in [9.17, 15) is 9.18 Å². The number of aliphatic imine (C=N–C) groups is 1. The minimum atomic E-state index is -0.561. The van der Waals surface area contributed by atoms with Gasteiger partial charge >= 0.3 is 6.09 Å². The highest BCUT2D eigenvalue weighted by Gasteiger charge is 2.27. The molecule has 0 radical (unpaired) electrons. The van der Waals surface area contributed by atoms with Crippen LogP contribution in [0, 0.1) is 17.7 Å². The van der Waals surface area contributed by atoms with Crippen molar-refractivity contribution in [1.29, 1.82) is 0 Å². The number of halogens is 1. The van der Waals surface area contributed by atoms with Crippen molar-refractivity contribution in [3.8, 4) is 0 Å². The summed E-state index contributed by atoms with van der Waals surface area (Å²) in [5.41, 5.74) is 1.63. The fourth-order valence-corrected chi connectivity index (χ4v) is 3.09. The van der Waals surface area contributed by atoms with E-state index in [1.807, 2.05) is 27.8 Å². The number of allylic oxidation sites excluding steroid dienone is 1. The quantitative estimate of drug-likeness (QED) is 0.819. The molecule has 2 rings (SSSR count). The second-order valence-electron chi connectivity index (χ2n) is 7.33. The van der Waals surface area contributed by atoms with Gasteiger partial charge in [0.2, 0.25) is 0 Å². The van der Waals surface area contributed by atoms with Gasteiger partial charge in [0.1, 0.15) is 11.4 Å². The van der Waals surface area contributed by atoms with Crippen molar-refractivity contribution < 1.29 is 13.9 Å². The lowest BCUT2D eigenvalue weighted by molar-refractivity contribution is 0.0604. The third kappa shape index (κ3) is 5.78. The minimum Gasteiger partial charge on any atom is -0.442 e. The summed E-state index contributed by atoms with van der Waals surface area (Å²) in [6.45, 7) is 6.22. The van der Waals surface area contributed by atoms with Crippen LogP contribution in [-0.4, -0.2) is 31.5 Å². The Balaban J connectivity index is 2.17. The Morgan fingerprint density at radius 1 is 1.36 bits per heavy atom. The fraction of sp³-hybridized carbons (Fsp3) is 0.500. The molecule has 136 valence electrons. The molecular weight excluding hydrogens is 319 g/mol. The number of nitrogens with zero attached hydrogens (tertiary/aromatic N) is 1. The van der Waals surface area contributed by atoms with Crippen LogP contribution >= 0.6 is 0 Å². The third-order valence-corrected chi connectivity index (χ3v) is 4.15. The normalized spacial score (nSPS) is 21.2. The lowest BCUT2D eigenvalue weighted by Gasteiger charge is -2.30. The van der Waals surface area contributed by atoms with E-state index < -0.39 is 11.7 Å².